The Morgan fingerprint density at radius 1 is 1.71 bits per heavy atom. The van der Waals surface area contributed by atoms with Crippen molar-refractivity contribution in [1.29, 1.82) is 0 Å². The third kappa shape index (κ3) is 2.51. The highest BCUT2D eigenvalue weighted by Crippen LogP contribution is 2.08. The van der Waals surface area contributed by atoms with Gasteiger partial charge in [0.05, 0.1) is 4.75 Å². The number of primary amides is 1. The van der Waals surface area contributed by atoms with Crippen molar-refractivity contribution in [3.63, 3.8) is 0 Å². The number of rotatable bonds is 1. The van der Waals surface area contributed by atoms with Crippen molar-refractivity contribution in [3.05, 3.63) is 0 Å². The minimum Gasteiger partial charge on any atom is -0.368 e. The fourth-order valence-corrected chi connectivity index (χ4v) is 0. The molecular weight excluding hydrogens is 110 g/mol. The van der Waals surface area contributed by atoms with Crippen LogP contribution in [0.3, 0.4) is 0 Å². The molecule has 0 aromatic carbocycles. The van der Waals surface area contributed by atoms with Gasteiger partial charge in [-0.05, 0) is 13.8 Å². The second kappa shape index (κ2) is 1.74. The van der Waals surface area contributed by atoms with Gasteiger partial charge in [-0.3, -0.25) is 4.79 Å². The molecule has 0 saturated carbocycles. The molecule has 42 valence electrons. The van der Waals surface area contributed by atoms with E-state index in [1.807, 2.05) is 0 Å². The number of carbonyl (C=O) groups is 1. The summed E-state index contributed by atoms with van der Waals surface area (Å²) in [6.07, 6.45) is 0. The molecule has 0 unspecified atom stereocenters. The van der Waals surface area contributed by atoms with Gasteiger partial charge in [0, 0.05) is 0 Å². The average Bonchev–Trinajstić information content (AvgIpc) is 1.31. The third-order valence-electron chi connectivity index (χ3n) is 0.603. The van der Waals surface area contributed by atoms with Gasteiger partial charge in [-0.15, -0.1) is 0 Å². The van der Waals surface area contributed by atoms with Crippen LogP contribution in [0.4, 0.5) is 0 Å². The van der Waals surface area contributed by atoms with E-state index >= 15 is 0 Å². The van der Waals surface area contributed by atoms with Crippen molar-refractivity contribution in [3.8, 4) is 0 Å². The van der Waals surface area contributed by atoms with Gasteiger partial charge in [0.2, 0.25) is 5.91 Å². The Labute approximate surface area is 48.5 Å². The van der Waals surface area contributed by atoms with E-state index in [-0.39, 0.29) is 0 Å². The van der Waals surface area contributed by atoms with Crippen LogP contribution in [0.15, 0.2) is 0 Å². The molecule has 0 fully saturated rings. The Balaban J connectivity index is 3.79. The summed E-state index contributed by atoms with van der Waals surface area (Å²) in [6, 6.07) is 0. The predicted octanol–water partition coefficient (Wildman–Crippen LogP) is 0.180. The average molecular weight is 119 g/mol. The Hall–Kier alpha value is -0.180. The Morgan fingerprint density at radius 3 is 1.86 bits per heavy atom. The molecule has 0 aliphatic heterocycles. The molecule has 3 heteroatoms. The highest BCUT2D eigenvalue weighted by atomic mass is 32.1. The van der Waals surface area contributed by atoms with E-state index in [1.54, 1.807) is 13.8 Å². The quantitative estimate of drug-likeness (QED) is 0.475. The zero-order chi connectivity index (χ0) is 6.08. The molecule has 0 aliphatic carbocycles. The lowest BCUT2D eigenvalue weighted by molar-refractivity contribution is -0.119. The normalized spacial score (nSPS) is 11.3. The van der Waals surface area contributed by atoms with Crippen molar-refractivity contribution in [2.24, 2.45) is 5.73 Å². The molecule has 0 atom stereocenters. The molecule has 0 aromatic heterocycles. The summed E-state index contributed by atoms with van der Waals surface area (Å²) in [7, 11) is 0. The molecule has 0 spiro atoms. The maximum Gasteiger partial charge on any atom is 0.232 e. The van der Waals surface area contributed by atoms with Gasteiger partial charge in [0.1, 0.15) is 0 Å². The van der Waals surface area contributed by atoms with Crippen molar-refractivity contribution in [2.75, 3.05) is 0 Å². The van der Waals surface area contributed by atoms with Crippen LogP contribution in [0.25, 0.3) is 0 Å². The summed E-state index contributed by atoms with van der Waals surface area (Å²) in [5, 5.41) is 0. The summed E-state index contributed by atoms with van der Waals surface area (Å²) in [6.45, 7) is 3.30. The molecule has 0 bridgehead atoms. The first-order chi connectivity index (χ1) is 2.94. The summed E-state index contributed by atoms with van der Waals surface area (Å²) in [4.78, 5) is 10.2. The summed E-state index contributed by atoms with van der Waals surface area (Å²) < 4.78 is -0.667. The van der Waals surface area contributed by atoms with Gasteiger partial charge < -0.3 is 5.73 Å². The fraction of sp³-hybridized carbons (Fsp3) is 0.750. The largest absolute Gasteiger partial charge is 0.368 e. The van der Waals surface area contributed by atoms with E-state index in [2.05, 4.69) is 12.6 Å². The highest BCUT2D eigenvalue weighted by molar-refractivity contribution is 7.82. The van der Waals surface area contributed by atoms with E-state index in [4.69, 9.17) is 5.73 Å². The minimum atomic E-state index is -0.667. The topological polar surface area (TPSA) is 43.1 Å². The molecule has 0 aliphatic rings. The van der Waals surface area contributed by atoms with E-state index < -0.39 is 10.7 Å². The van der Waals surface area contributed by atoms with Crippen molar-refractivity contribution >= 4 is 18.5 Å². The molecular formula is C4H9NOS. The lowest BCUT2D eigenvalue weighted by atomic mass is 10.2. The van der Waals surface area contributed by atoms with E-state index in [0.29, 0.717) is 0 Å². The maximum absolute atomic E-state index is 10.2. The SMILES string of the molecule is CC(C)(S)C(N)=O. The Morgan fingerprint density at radius 2 is 1.86 bits per heavy atom. The first kappa shape index (κ1) is 6.82. The lowest BCUT2D eigenvalue weighted by Crippen LogP contribution is -2.32. The minimum absolute atomic E-state index is 0.393. The second-order valence-electron chi connectivity index (χ2n) is 1.92. The number of carbonyl (C=O) groups excluding carboxylic acids is 1. The van der Waals surface area contributed by atoms with Gasteiger partial charge in [-0.2, -0.15) is 12.6 Å². The van der Waals surface area contributed by atoms with E-state index in [9.17, 15) is 4.79 Å². The van der Waals surface area contributed by atoms with Gasteiger partial charge in [0.15, 0.2) is 0 Å². The molecule has 1 amide bonds. The van der Waals surface area contributed by atoms with E-state index in [0.717, 1.165) is 0 Å². The lowest BCUT2D eigenvalue weighted by Gasteiger charge is -2.09. The van der Waals surface area contributed by atoms with Crippen LogP contribution < -0.4 is 5.73 Å². The first-order valence-corrected chi connectivity index (χ1v) is 2.41. The summed E-state index contributed by atoms with van der Waals surface area (Å²) in [5.74, 6) is -0.393. The first-order valence-electron chi connectivity index (χ1n) is 1.97. The maximum atomic E-state index is 10.2. The van der Waals surface area contributed by atoms with E-state index in [1.165, 1.54) is 0 Å². The van der Waals surface area contributed by atoms with Crippen molar-refractivity contribution in [1.82, 2.24) is 0 Å². The van der Waals surface area contributed by atoms with Crippen molar-refractivity contribution < 1.29 is 4.79 Å². The van der Waals surface area contributed by atoms with Crippen LogP contribution in [0.5, 0.6) is 0 Å². The third-order valence-corrected chi connectivity index (χ3v) is 0.823. The van der Waals surface area contributed by atoms with Crippen LogP contribution in [0.1, 0.15) is 13.8 Å². The number of hydrogen-bond donors (Lipinski definition) is 2. The molecule has 0 aromatic rings. The number of hydrogen-bond acceptors (Lipinski definition) is 2. The summed E-state index contributed by atoms with van der Waals surface area (Å²) in [5.41, 5.74) is 4.85. The predicted molar refractivity (Wildman–Crippen MR) is 32.3 cm³/mol. The number of amides is 1. The van der Waals surface area contributed by atoms with Crippen LogP contribution >= 0.6 is 12.6 Å². The van der Waals surface area contributed by atoms with Crippen LogP contribution in [-0.4, -0.2) is 10.7 Å². The van der Waals surface area contributed by atoms with Crippen molar-refractivity contribution in [2.45, 2.75) is 18.6 Å². The smallest absolute Gasteiger partial charge is 0.232 e. The number of nitrogens with two attached hydrogens (primary N) is 1. The van der Waals surface area contributed by atoms with Gasteiger partial charge in [-0.25, -0.2) is 0 Å². The molecule has 0 radical (unpaired) electrons. The molecule has 2 nitrogen and oxygen atoms in total. The zero-order valence-electron chi connectivity index (χ0n) is 4.43. The molecule has 2 N–H and O–H groups in total. The van der Waals surface area contributed by atoms with Gasteiger partial charge in [-0.1, -0.05) is 0 Å². The van der Waals surface area contributed by atoms with Crippen LogP contribution in [0, 0.1) is 0 Å². The van der Waals surface area contributed by atoms with Crippen LogP contribution in [0.2, 0.25) is 0 Å². The van der Waals surface area contributed by atoms with Gasteiger partial charge in [0.25, 0.3) is 0 Å². The summed E-state index contributed by atoms with van der Waals surface area (Å²) >= 11 is 3.88. The highest BCUT2D eigenvalue weighted by Gasteiger charge is 2.17. The second-order valence-corrected chi connectivity index (χ2v) is 3.04. The molecule has 0 heterocycles. The Kier molecular flexibility index (Phi) is 1.69. The standard InChI is InChI=1S/C4H9NOS/c1-4(2,7)3(5)6/h7H,1-2H3,(H2,5,6). The monoisotopic (exact) mass is 119 g/mol. The number of thiol groups is 1. The van der Waals surface area contributed by atoms with Crippen LogP contribution in [-0.2, 0) is 4.79 Å². The Bertz CT molecular complexity index is 84.2. The molecule has 0 rings (SSSR count). The zero-order valence-corrected chi connectivity index (χ0v) is 5.33. The fourth-order valence-electron chi connectivity index (χ4n) is 0. The van der Waals surface area contributed by atoms with Gasteiger partial charge >= 0.3 is 0 Å². The molecule has 7 heavy (non-hydrogen) atoms. The molecule has 0 saturated heterocycles.